The summed E-state index contributed by atoms with van der Waals surface area (Å²) in [6.07, 6.45) is 10.3. The highest BCUT2D eigenvalue weighted by atomic mass is 16.5. The number of nitrogens with zero attached hydrogens (tertiary/aromatic N) is 2. The largest absolute Gasteiger partial charge is 0.496 e. The minimum absolute atomic E-state index is 0.0362. The van der Waals surface area contributed by atoms with Gasteiger partial charge in [0.1, 0.15) is 5.75 Å². The van der Waals surface area contributed by atoms with Crippen LogP contribution in [0, 0.1) is 11.3 Å². The fraction of sp³-hybridized carbons (Fsp3) is 0.353. The van der Waals surface area contributed by atoms with E-state index < -0.39 is 0 Å². The number of ether oxygens (including phenoxy) is 1. The number of carbonyl (C=O) groups excluding carboxylic acids is 1. The minimum Gasteiger partial charge on any atom is -0.496 e. The molecule has 0 saturated heterocycles. The summed E-state index contributed by atoms with van der Waals surface area (Å²) < 4.78 is 5.90. The van der Waals surface area contributed by atoms with Crippen molar-refractivity contribution in [2.75, 3.05) is 33.3 Å². The van der Waals surface area contributed by atoms with Gasteiger partial charge in [0.05, 0.1) is 18.7 Å². The molecule has 1 amide bonds. The van der Waals surface area contributed by atoms with E-state index in [0.717, 1.165) is 62.2 Å². The average Bonchev–Trinajstić information content (AvgIpc) is 3.00. The Morgan fingerprint density at radius 3 is 2.38 bits per heavy atom. The highest BCUT2D eigenvalue weighted by Crippen LogP contribution is 2.38. The quantitative estimate of drug-likeness (QED) is 0.332. The van der Waals surface area contributed by atoms with E-state index in [1.807, 2.05) is 43.5 Å². The average molecular weight is 520 g/mol. The molecule has 2 aliphatic rings. The minimum atomic E-state index is -0.0362. The first-order valence-corrected chi connectivity index (χ1v) is 14.2. The summed E-state index contributed by atoms with van der Waals surface area (Å²) in [7, 11) is 1.81. The predicted molar refractivity (Wildman–Crippen MR) is 157 cm³/mol. The van der Waals surface area contributed by atoms with Gasteiger partial charge >= 0.3 is 0 Å². The van der Waals surface area contributed by atoms with Crippen molar-refractivity contribution in [3.8, 4) is 22.9 Å². The van der Waals surface area contributed by atoms with E-state index in [-0.39, 0.29) is 5.91 Å². The van der Waals surface area contributed by atoms with Gasteiger partial charge in [-0.2, -0.15) is 5.26 Å². The van der Waals surface area contributed by atoms with Crippen LogP contribution in [0.4, 0.5) is 0 Å². The van der Waals surface area contributed by atoms with Gasteiger partial charge in [0.15, 0.2) is 0 Å². The molecule has 0 unspecified atom stereocenters. The van der Waals surface area contributed by atoms with E-state index in [4.69, 9.17) is 10.00 Å². The lowest BCUT2D eigenvalue weighted by Gasteiger charge is -2.28. The molecule has 1 aliphatic heterocycles. The van der Waals surface area contributed by atoms with Gasteiger partial charge in [-0.05, 0) is 104 Å². The van der Waals surface area contributed by atoms with Crippen molar-refractivity contribution >= 4 is 11.5 Å². The van der Waals surface area contributed by atoms with Crippen molar-refractivity contribution in [1.82, 2.24) is 10.2 Å². The smallest absolute Gasteiger partial charge is 0.251 e. The van der Waals surface area contributed by atoms with Crippen LogP contribution in [0.15, 0.2) is 66.7 Å². The summed E-state index contributed by atoms with van der Waals surface area (Å²) in [5, 5.41) is 12.0. The Labute approximate surface area is 232 Å². The number of rotatable bonds is 9. The SMILES string of the molecule is COc1c(C2=CCN(CCCCNC(=O)c3ccc(-c4ccc(C#N)cc4)cc3)CC2)ccc2c1CCCC2. The highest BCUT2D eigenvalue weighted by molar-refractivity contribution is 5.94. The summed E-state index contributed by atoms with van der Waals surface area (Å²) >= 11 is 0. The molecular weight excluding hydrogens is 482 g/mol. The summed E-state index contributed by atoms with van der Waals surface area (Å²) in [5.41, 5.74) is 8.95. The predicted octanol–water partition coefficient (Wildman–Crippen LogP) is 6.41. The zero-order valence-electron chi connectivity index (χ0n) is 22.8. The van der Waals surface area contributed by atoms with Crippen LogP contribution in [-0.2, 0) is 12.8 Å². The topological polar surface area (TPSA) is 65.4 Å². The first kappa shape index (κ1) is 26.7. The molecule has 5 nitrogen and oxygen atoms in total. The van der Waals surface area contributed by atoms with E-state index in [1.165, 1.54) is 41.5 Å². The number of fused-ring (bicyclic) bond motifs is 1. The lowest BCUT2D eigenvalue weighted by Crippen LogP contribution is -2.30. The standard InChI is InChI=1S/C34H37N3O2/c1-39-33-31-7-3-2-6-28(31)16-17-32(33)29-18-22-37(23-19-29)21-5-4-20-36-34(38)30-14-12-27(13-15-30)26-10-8-25(24-35)9-11-26/h8-18H,2-7,19-23H2,1H3,(H,36,38). The number of nitriles is 1. The molecule has 1 aliphatic carbocycles. The Morgan fingerprint density at radius 1 is 0.949 bits per heavy atom. The molecule has 0 radical (unpaired) electrons. The van der Waals surface area contributed by atoms with Gasteiger partial charge in [-0.3, -0.25) is 9.69 Å². The molecule has 3 aromatic carbocycles. The molecule has 0 fully saturated rings. The molecule has 0 bridgehead atoms. The first-order chi connectivity index (χ1) is 19.2. The summed E-state index contributed by atoms with van der Waals surface area (Å²) in [6.45, 7) is 3.75. The van der Waals surface area contributed by atoms with Crippen molar-refractivity contribution in [2.45, 2.75) is 44.9 Å². The van der Waals surface area contributed by atoms with Crippen LogP contribution in [0.3, 0.4) is 0 Å². The lowest BCUT2D eigenvalue weighted by molar-refractivity contribution is 0.0952. The van der Waals surface area contributed by atoms with Gasteiger partial charge in [-0.15, -0.1) is 0 Å². The van der Waals surface area contributed by atoms with Crippen LogP contribution in [0.25, 0.3) is 16.7 Å². The second-order valence-corrected chi connectivity index (χ2v) is 10.5. The number of benzene rings is 3. The van der Waals surface area contributed by atoms with Crippen LogP contribution >= 0.6 is 0 Å². The molecule has 1 N–H and O–H groups in total. The van der Waals surface area contributed by atoms with Crippen LogP contribution in [-0.4, -0.2) is 44.1 Å². The molecule has 0 aromatic heterocycles. The number of nitrogens with one attached hydrogen (secondary N) is 1. The zero-order valence-corrected chi connectivity index (χ0v) is 22.8. The molecular formula is C34H37N3O2. The third-order valence-corrected chi connectivity index (χ3v) is 8.00. The Bertz CT molecular complexity index is 1370. The van der Waals surface area contributed by atoms with Gasteiger partial charge in [-0.25, -0.2) is 0 Å². The molecule has 0 atom stereocenters. The Morgan fingerprint density at radius 2 is 1.69 bits per heavy atom. The summed E-state index contributed by atoms with van der Waals surface area (Å²) in [5.74, 6) is 1.07. The van der Waals surface area contributed by atoms with E-state index >= 15 is 0 Å². The van der Waals surface area contributed by atoms with Crippen molar-refractivity contribution in [3.63, 3.8) is 0 Å². The summed E-state index contributed by atoms with van der Waals surface area (Å²) in [4.78, 5) is 15.1. The van der Waals surface area contributed by atoms with E-state index in [9.17, 15) is 4.79 Å². The normalized spacial score (nSPS) is 15.1. The lowest BCUT2D eigenvalue weighted by atomic mass is 9.86. The van der Waals surface area contributed by atoms with Gasteiger partial charge in [-0.1, -0.05) is 42.5 Å². The third kappa shape index (κ3) is 6.41. The molecule has 5 rings (SSSR count). The van der Waals surface area contributed by atoms with Gasteiger partial charge in [0, 0.05) is 30.8 Å². The maximum absolute atomic E-state index is 12.6. The third-order valence-electron chi connectivity index (χ3n) is 8.00. The summed E-state index contributed by atoms with van der Waals surface area (Å²) in [6, 6.07) is 21.8. The Balaban J connectivity index is 1.05. The number of aryl methyl sites for hydroxylation is 1. The molecule has 5 heteroatoms. The molecule has 39 heavy (non-hydrogen) atoms. The molecule has 3 aromatic rings. The second kappa shape index (κ2) is 12.8. The van der Waals surface area contributed by atoms with Gasteiger partial charge in [0.2, 0.25) is 0 Å². The maximum Gasteiger partial charge on any atom is 0.251 e. The van der Waals surface area contributed by atoms with Crippen LogP contribution in [0.5, 0.6) is 5.75 Å². The van der Waals surface area contributed by atoms with Gasteiger partial charge < -0.3 is 10.1 Å². The molecule has 0 spiro atoms. The number of carbonyl (C=O) groups is 1. The fourth-order valence-electron chi connectivity index (χ4n) is 5.75. The van der Waals surface area contributed by atoms with Crippen LogP contribution in [0.1, 0.15) is 64.7 Å². The highest BCUT2D eigenvalue weighted by Gasteiger charge is 2.21. The van der Waals surface area contributed by atoms with Crippen LogP contribution < -0.4 is 10.1 Å². The van der Waals surface area contributed by atoms with Crippen molar-refractivity contribution in [3.05, 3.63) is 94.6 Å². The van der Waals surface area contributed by atoms with E-state index in [1.54, 1.807) is 12.1 Å². The van der Waals surface area contributed by atoms with Gasteiger partial charge in [0.25, 0.3) is 5.91 Å². The number of unbranched alkanes of at least 4 members (excludes halogenated alkanes) is 1. The molecule has 0 saturated carbocycles. The number of amides is 1. The Hall–Kier alpha value is -3.88. The monoisotopic (exact) mass is 519 g/mol. The number of hydrogen-bond donors (Lipinski definition) is 1. The van der Waals surface area contributed by atoms with E-state index in [0.29, 0.717) is 17.7 Å². The Kier molecular flexibility index (Phi) is 8.75. The maximum atomic E-state index is 12.6. The second-order valence-electron chi connectivity index (χ2n) is 10.5. The zero-order chi connectivity index (χ0) is 27.0. The van der Waals surface area contributed by atoms with Crippen LogP contribution in [0.2, 0.25) is 0 Å². The van der Waals surface area contributed by atoms with E-state index in [2.05, 4.69) is 34.5 Å². The molecule has 200 valence electrons. The fourth-order valence-corrected chi connectivity index (χ4v) is 5.75. The number of methoxy groups -OCH3 is 1. The molecule has 1 heterocycles. The number of hydrogen-bond acceptors (Lipinski definition) is 4. The van der Waals surface area contributed by atoms with Crippen molar-refractivity contribution < 1.29 is 9.53 Å². The van der Waals surface area contributed by atoms with Crippen molar-refractivity contribution in [2.24, 2.45) is 0 Å². The van der Waals surface area contributed by atoms with Crippen molar-refractivity contribution in [1.29, 1.82) is 5.26 Å². The first-order valence-electron chi connectivity index (χ1n) is 14.2.